The molecule has 1 unspecified atom stereocenters. The van der Waals surface area contributed by atoms with Crippen LogP contribution in [0, 0.1) is 0 Å². The first-order valence-corrected chi connectivity index (χ1v) is 6.77. The van der Waals surface area contributed by atoms with Crippen molar-refractivity contribution >= 4 is 23.4 Å². The summed E-state index contributed by atoms with van der Waals surface area (Å²) in [5, 5.41) is 18.1. The van der Waals surface area contributed by atoms with Crippen LogP contribution in [-0.2, 0) is 0 Å². The molecule has 1 fully saturated rings. The van der Waals surface area contributed by atoms with Crippen LogP contribution in [0.25, 0.3) is 0 Å². The fraction of sp³-hybridized carbons (Fsp3) is 0.538. The average molecular weight is 285 g/mol. The van der Waals surface area contributed by atoms with Crippen molar-refractivity contribution in [1.29, 1.82) is 0 Å². The maximum atomic E-state index is 11.1. The van der Waals surface area contributed by atoms with Crippen molar-refractivity contribution in [2.24, 2.45) is 0 Å². The van der Waals surface area contributed by atoms with Crippen molar-refractivity contribution < 1.29 is 15.0 Å². The van der Waals surface area contributed by atoms with Gasteiger partial charge in [-0.1, -0.05) is 11.6 Å². The Kier molecular flexibility index (Phi) is 4.61. The molecule has 2 heterocycles. The zero-order valence-corrected chi connectivity index (χ0v) is 11.3. The van der Waals surface area contributed by atoms with Gasteiger partial charge in [-0.25, -0.2) is 9.78 Å². The highest BCUT2D eigenvalue weighted by atomic mass is 35.5. The number of aromatic nitrogens is 1. The number of anilines is 1. The van der Waals surface area contributed by atoms with Gasteiger partial charge in [-0.2, -0.15) is 0 Å². The SMILES string of the molecule is O=C(O)c1cc(N2CCCC2CCCO)ncc1Cl. The Morgan fingerprint density at radius 1 is 1.58 bits per heavy atom. The standard InChI is InChI=1S/C13H17ClN2O3/c14-11-8-15-12(7-10(11)13(18)19)16-5-1-3-9(16)4-2-6-17/h7-9,17H,1-6H2,(H,18,19). The van der Waals surface area contributed by atoms with Crippen molar-refractivity contribution in [2.45, 2.75) is 31.7 Å². The van der Waals surface area contributed by atoms with E-state index in [1.165, 1.54) is 12.3 Å². The number of pyridine rings is 1. The summed E-state index contributed by atoms with van der Waals surface area (Å²) >= 11 is 5.82. The maximum absolute atomic E-state index is 11.1. The quantitative estimate of drug-likeness (QED) is 0.867. The average Bonchev–Trinajstić information content (AvgIpc) is 2.85. The minimum Gasteiger partial charge on any atom is -0.478 e. The highest BCUT2D eigenvalue weighted by Gasteiger charge is 2.26. The molecule has 104 valence electrons. The van der Waals surface area contributed by atoms with Crippen LogP contribution in [0.3, 0.4) is 0 Å². The molecule has 1 saturated heterocycles. The third-order valence-electron chi connectivity index (χ3n) is 3.44. The molecule has 1 aliphatic rings. The Bertz CT molecular complexity index is 467. The van der Waals surface area contributed by atoms with Crippen molar-refractivity contribution in [3.05, 3.63) is 22.8 Å². The lowest BCUT2D eigenvalue weighted by Gasteiger charge is -2.26. The third-order valence-corrected chi connectivity index (χ3v) is 3.74. The van der Waals surface area contributed by atoms with Crippen LogP contribution in [-0.4, -0.2) is 40.4 Å². The van der Waals surface area contributed by atoms with Crippen molar-refractivity contribution in [1.82, 2.24) is 4.98 Å². The third kappa shape index (κ3) is 3.16. The predicted octanol–water partition coefficient (Wildman–Crippen LogP) is 2.17. The molecule has 2 rings (SSSR count). The van der Waals surface area contributed by atoms with E-state index in [0.717, 1.165) is 32.2 Å². The van der Waals surface area contributed by atoms with Crippen LogP contribution in [0.4, 0.5) is 5.82 Å². The molecule has 1 aromatic rings. The number of hydrogen-bond donors (Lipinski definition) is 2. The molecule has 0 radical (unpaired) electrons. The Labute approximate surface area is 116 Å². The number of aliphatic hydroxyl groups is 1. The minimum absolute atomic E-state index is 0.0828. The van der Waals surface area contributed by atoms with E-state index in [4.69, 9.17) is 21.8 Å². The molecule has 0 aromatic carbocycles. The Morgan fingerprint density at radius 3 is 3.05 bits per heavy atom. The molecular formula is C13H17ClN2O3. The monoisotopic (exact) mass is 284 g/mol. The number of carboxylic acid groups (broad SMARTS) is 1. The number of aliphatic hydroxyl groups excluding tert-OH is 1. The molecule has 5 nitrogen and oxygen atoms in total. The lowest BCUT2D eigenvalue weighted by Crippen LogP contribution is -2.30. The van der Waals surface area contributed by atoms with Gasteiger partial charge >= 0.3 is 5.97 Å². The highest BCUT2D eigenvalue weighted by Crippen LogP contribution is 2.28. The number of carbonyl (C=O) groups is 1. The summed E-state index contributed by atoms with van der Waals surface area (Å²) in [7, 11) is 0. The number of nitrogens with zero attached hydrogens (tertiary/aromatic N) is 2. The Balaban J connectivity index is 2.20. The van der Waals surface area contributed by atoms with Gasteiger partial charge in [0.15, 0.2) is 0 Å². The van der Waals surface area contributed by atoms with E-state index in [0.29, 0.717) is 11.9 Å². The molecule has 0 aliphatic carbocycles. The fourth-order valence-corrected chi connectivity index (χ4v) is 2.70. The first-order valence-electron chi connectivity index (χ1n) is 6.40. The summed E-state index contributed by atoms with van der Waals surface area (Å²) < 4.78 is 0. The van der Waals surface area contributed by atoms with E-state index in [1.807, 2.05) is 0 Å². The van der Waals surface area contributed by atoms with Gasteiger partial charge in [0, 0.05) is 25.4 Å². The molecule has 1 atom stereocenters. The summed E-state index contributed by atoms with van der Waals surface area (Å²) in [6.07, 6.45) is 5.14. The first-order chi connectivity index (χ1) is 9.13. The summed E-state index contributed by atoms with van der Waals surface area (Å²) in [6, 6.07) is 1.85. The largest absolute Gasteiger partial charge is 0.478 e. The molecule has 2 N–H and O–H groups in total. The van der Waals surface area contributed by atoms with Crippen molar-refractivity contribution in [3.63, 3.8) is 0 Å². The van der Waals surface area contributed by atoms with Crippen molar-refractivity contribution in [3.8, 4) is 0 Å². The molecule has 1 aromatic heterocycles. The van der Waals surface area contributed by atoms with Crippen LogP contribution < -0.4 is 4.90 Å². The van der Waals surface area contributed by atoms with Gasteiger partial charge in [-0.3, -0.25) is 0 Å². The number of carboxylic acids is 1. The molecule has 19 heavy (non-hydrogen) atoms. The zero-order chi connectivity index (χ0) is 13.8. The number of rotatable bonds is 5. The van der Waals surface area contributed by atoms with Gasteiger partial charge in [0.1, 0.15) is 5.82 Å². The van der Waals surface area contributed by atoms with Crippen LogP contribution in [0.2, 0.25) is 5.02 Å². The number of aromatic carboxylic acids is 1. The van der Waals surface area contributed by atoms with Crippen molar-refractivity contribution in [2.75, 3.05) is 18.1 Å². The predicted molar refractivity (Wildman–Crippen MR) is 72.9 cm³/mol. The van der Waals surface area contributed by atoms with Gasteiger partial charge in [-0.15, -0.1) is 0 Å². The van der Waals surface area contributed by atoms with Crippen LogP contribution in [0.15, 0.2) is 12.3 Å². The minimum atomic E-state index is -1.04. The Morgan fingerprint density at radius 2 is 2.37 bits per heavy atom. The molecule has 0 spiro atoms. The summed E-state index contributed by atoms with van der Waals surface area (Å²) in [5.41, 5.74) is 0.0828. The van der Waals surface area contributed by atoms with Crippen LogP contribution in [0.1, 0.15) is 36.0 Å². The molecule has 0 amide bonds. The first kappa shape index (κ1) is 14.1. The van der Waals surface area contributed by atoms with Gasteiger partial charge in [0.2, 0.25) is 0 Å². The van der Waals surface area contributed by atoms with E-state index < -0.39 is 5.97 Å². The fourth-order valence-electron chi connectivity index (χ4n) is 2.51. The zero-order valence-electron chi connectivity index (χ0n) is 10.5. The smallest absolute Gasteiger partial charge is 0.337 e. The van der Waals surface area contributed by atoms with Gasteiger partial charge in [0.05, 0.1) is 10.6 Å². The van der Waals surface area contributed by atoms with E-state index >= 15 is 0 Å². The molecule has 0 saturated carbocycles. The topological polar surface area (TPSA) is 73.7 Å². The normalized spacial score (nSPS) is 18.8. The Hall–Kier alpha value is -1.33. The molecule has 0 bridgehead atoms. The van der Waals surface area contributed by atoms with E-state index in [-0.39, 0.29) is 17.2 Å². The van der Waals surface area contributed by atoms with Gasteiger partial charge in [-0.05, 0) is 31.7 Å². The summed E-state index contributed by atoms with van der Waals surface area (Å²) in [5.74, 6) is -0.387. The van der Waals surface area contributed by atoms with Gasteiger partial charge < -0.3 is 15.1 Å². The summed E-state index contributed by atoms with van der Waals surface area (Å²) in [4.78, 5) is 17.4. The van der Waals surface area contributed by atoms with E-state index in [1.54, 1.807) is 0 Å². The number of hydrogen-bond acceptors (Lipinski definition) is 4. The molecule has 1 aliphatic heterocycles. The number of halogens is 1. The second-order valence-electron chi connectivity index (χ2n) is 4.68. The van der Waals surface area contributed by atoms with Crippen LogP contribution >= 0.6 is 11.6 Å². The van der Waals surface area contributed by atoms with Crippen LogP contribution in [0.5, 0.6) is 0 Å². The maximum Gasteiger partial charge on any atom is 0.337 e. The highest BCUT2D eigenvalue weighted by molar-refractivity contribution is 6.33. The second-order valence-corrected chi connectivity index (χ2v) is 5.09. The molecular weight excluding hydrogens is 268 g/mol. The summed E-state index contributed by atoms with van der Waals surface area (Å²) in [6.45, 7) is 1.04. The van der Waals surface area contributed by atoms with E-state index in [2.05, 4.69) is 9.88 Å². The van der Waals surface area contributed by atoms with E-state index in [9.17, 15) is 4.79 Å². The lowest BCUT2D eigenvalue weighted by molar-refractivity contribution is 0.0697. The van der Waals surface area contributed by atoms with Gasteiger partial charge in [0.25, 0.3) is 0 Å². The molecule has 6 heteroatoms. The lowest BCUT2D eigenvalue weighted by atomic mass is 10.1. The second kappa shape index (κ2) is 6.21.